The van der Waals surface area contributed by atoms with Crippen LogP contribution >= 0.6 is 0 Å². The van der Waals surface area contributed by atoms with E-state index in [1.54, 1.807) is 0 Å². The highest BCUT2D eigenvalue weighted by atomic mass is 32.2. The van der Waals surface area contributed by atoms with Crippen LogP contribution in [0.25, 0.3) is 0 Å². The van der Waals surface area contributed by atoms with Crippen LogP contribution < -0.4 is 4.72 Å². The lowest BCUT2D eigenvalue weighted by atomic mass is 10.0. The molecule has 1 atom stereocenters. The number of alkyl halides is 3. The van der Waals surface area contributed by atoms with E-state index in [-0.39, 0.29) is 18.5 Å². The van der Waals surface area contributed by atoms with Gasteiger partial charge in [-0.1, -0.05) is 13.8 Å². The van der Waals surface area contributed by atoms with Gasteiger partial charge in [0.1, 0.15) is 5.82 Å². The molecule has 1 saturated heterocycles. The molecular weight excluding hydrogens is 386 g/mol. The number of nitrogens with one attached hydrogen (secondary N) is 1. The zero-order chi connectivity index (χ0) is 20.4. The molecule has 2 rings (SSSR count). The fourth-order valence-corrected chi connectivity index (χ4v) is 4.18. The van der Waals surface area contributed by atoms with E-state index < -0.39 is 32.5 Å². The summed E-state index contributed by atoms with van der Waals surface area (Å²) in [5.74, 6) is -1.35. The van der Waals surface area contributed by atoms with Gasteiger partial charge in [-0.3, -0.25) is 4.90 Å². The Morgan fingerprint density at radius 3 is 2.26 bits per heavy atom. The molecule has 0 bridgehead atoms. The summed E-state index contributed by atoms with van der Waals surface area (Å²) in [4.78, 5) is 3.76. The van der Waals surface area contributed by atoms with E-state index in [1.165, 1.54) is 0 Å². The third-order valence-corrected chi connectivity index (χ3v) is 6.23. The molecule has 1 aliphatic rings. The lowest BCUT2D eigenvalue weighted by Gasteiger charge is -2.39. The van der Waals surface area contributed by atoms with Crippen molar-refractivity contribution >= 4 is 10.0 Å². The first kappa shape index (κ1) is 22.1. The minimum absolute atomic E-state index is 0.0719. The molecule has 5 nitrogen and oxygen atoms in total. The summed E-state index contributed by atoms with van der Waals surface area (Å²) < 4.78 is 79.2. The van der Waals surface area contributed by atoms with Crippen molar-refractivity contribution in [3.05, 3.63) is 29.6 Å². The third kappa shape index (κ3) is 5.63. The third-order valence-electron chi connectivity index (χ3n) is 4.81. The molecule has 1 heterocycles. The number of hydrogen-bond acceptors (Lipinski definition) is 4. The van der Waals surface area contributed by atoms with Crippen molar-refractivity contribution in [1.29, 1.82) is 0 Å². The van der Waals surface area contributed by atoms with Gasteiger partial charge in [0.25, 0.3) is 0 Å². The van der Waals surface area contributed by atoms with Crippen LogP contribution in [0.5, 0.6) is 0 Å². The van der Waals surface area contributed by atoms with Gasteiger partial charge in [0.2, 0.25) is 10.0 Å². The van der Waals surface area contributed by atoms with Crippen LogP contribution in [0.15, 0.2) is 23.1 Å². The van der Waals surface area contributed by atoms with Gasteiger partial charge in [-0.25, -0.2) is 17.5 Å². The summed E-state index contributed by atoms with van der Waals surface area (Å²) in [5, 5.41) is 0. The number of hydrogen-bond donors (Lipinski definition) is 1. The molecule has 1 aliphatic heterocycles. The van der Waals surface area contributed by atoms with Crippen LogP contribution in [0.4, 0.5) is 17.6 Å². The summed E-state index contributed by atoms with van der Waals surface area (Å²) in [6.07, 6.45) is -4.96. The lowest BCUT2D eigenvalue weighted by Crippen LogP contribution is -2.54. The molecule has 0 saturated carbocycles. The van der Waals surface area contributed by atoms with Crippen LogP contribution in [-0.4, -0.2) is 64.0 Å². The zero-order valence-electron chi connectivity index (χ0n) is 15.6. The van der Waals surface area contributed by atoms with Gasteiger partial charge in [-0.05, 0) is 31.2 Å². The van der Waals surface area contributed by atoms with Gasteiger partial charge >= 0.3 is 6.18 Å². The van der Waals surface area contributed by atoms with Crippen molar-refractivity contribution in [2.24, 2.45) is 5.92 Å². The normalized spacial score (nSPS) is 18.8. The molecule has 1 fully saturated rings. The van der Waals surface area contributed by atoms with Crippen molar-refractivity contribution < 1.29 is 26.0 Å². The number of likely N-dealkylation sites (N-methyl/N-ethyl adjacent to an activating group) is 1. The molecule has 1 N–H and O–H groups in total. The van der Waals surface area contributed by atoms with Gasteiger partial charge in [-0.2, -0.15) is 13.2 Å². The second-order valence-corrected chi connectivity index (χ2v) is 8.91. The maximum absolute atomic E-state index is 13.4. The molecule has 1 aromatic rings. The summed E-state index contributed by atoms with van der Waals surface area (Å²) in [7, 11) is -2.18. The maximum atomic E-state index is 13.4. The highest BCUT2D eigenvalue weighted by molar-refractivity contribution is 7.89. The first-order chi connectivity index (χ1) is 12.4. The number of piperazine rings is 1. The molecular formula is C17H25F4N3O2S. The summed E-state index contributed by atoms with van der Waals surface area (Å²) in [5.41, 5.74) is -1.59. The van der Waals surface area contributed by atoms with Crippen molar-refractivity contribution in [3.8, 4) is 0 Å². The van der Waals surface area contributed by atoms with E-state index in [2.05, 4.69) is 14.5 Å². The van der Waals surface area contributed by atoms with Crippen LogP contribution in [0, 0.1) is 11.7 Å². The van der Waals surface area contributed by atoms with Crippen LogP contribution in [-0.2, 0) is 16.2 Å². The molecule has 0 aromatic heterocycles. The zero-order valence-corrected chi connectivity index (χ0v) is 16.4. The smallest absolute Gasteiger partial charge is 0.304 e. The highest BCUT2D eigenvalue weighted by Crippen LogP contribution is 2.32. The number of sulfonamides is 1. The predicted molar refractivity (Wildman–Crippen MR) is 94.3 cm³/mol. The molecule has 0 spiro atoms. The topological polar surface area (TPSA) is 52.7 Å². The SMILES string of the molecule is CC(C)C(CNS(=O)(=O)c1ccc(F)c(C(F)(F)F)c1)N1CCN(C)CC1. The number of rotatable bonds is 6. The summed E-state index contributed by atoms with van der Waals surface area (Å²) in [6.45, 7) is 7.31. The second-order valence-electron chi connectivity index (χ2n) is 7.14. The Bertz CT molecular complexity index is 745. The second kappa shape index (κ2) is 8.42. The largest absolute Gasteiger partial charge is 0.419 e. The maximum Gasteiger partial charge on any atom is 0.419 e. The van der Waals surface area contributed by atoms with Gasteiger partial charge in [-0.15, -0.1) is 0 Å². The fraction of sp³-hybridized carbons (Fsp3) is 0.647. The van der Waals surface area contributed by atoms with Crippen molar-refractivity contribution in [2.75, 3.05) is 39.8 Å². The lowest BCUT2D eigenvalue weighted by molar-refractivity contribution is -0.140. The highest BCUT2D eigenvalue weighted by Gasteiger charge is 2.35. The molecule has 27 heavy (non-hydrogen) atoms. The first-order valence-electron chi connectivity index (χ1n) is 8.71. The Hall–Kier alpha value is -1.23. The number of nitrogens with zero attached hydrogens (tertiary/aromatic N) is 2. The Balaban J connectivity index is 2.15. The summed E-state index contributed by atoms with van der Waals surface area (Å²) >= 11 is 0. The minimum Gasteiger partial charge on any atom is -0.304 e. The van der Waals surface area contributed by atoms with Gasteiger partial charge in [0.15, 0.2) is 0 Å². The molecule has 154 valence electrons. The van der Waals surface area contributed by atoms with Gasteiger partial charge in [0.05, 0.1) is 10.5 Å². The number of benzene rings is 1. The predicted octanol–water partition coefficient (Wildman–Crippen LogP) is 2.39. The van der Waals surface area contributed by atoms with Gasteiger partial charge in [0, 0.05) is 38.8 Å². The first-order valence-corrected chi connectivity index (χ1v) is 10.2. The van der Waals surface area contributed by atoms with Crippen molar-refractivity contribution in [3.63, 3.8) is 0 Å². The molecule has 10 heteroatoms. The van der Waals surface area contributed by atoms with Crippen molar-refractivity contribution in [1.82, 2.24) is 14.5 Å². The van der Waals surface area contributed by atoms with Crippen LogP contribution in [0.1, 0.15) is 19.4 Å². The van der Waals surface area contributed by atoms with Crippen molar-refractivity contribution in [2.45, 2.75) is 31.0 Å². The quantitative estimate of drug-likeness (QED) is 0.731. The average Bonchev–Trinajstić information content (AvgIpc) is 2.55. The molecule has 0 aliphatic carbocycles. The van der Waals surface area contributed by atoms with Gasteiger partial charge < -0.3 is 4.90 Å². The Labute approximate surface area is 157 Å². The van der Waals surface area contributed by atoms with E-state index in [9.17, 15) is 26.0 Å². The van der Waals surface area contributed by atoms with Crippen LogP contribution in [0.2, 0.25) is 0 Å². The average molecular weight is 411 g/mol. The van der Waals surface area contributed by atoms with E-state index in [1.807, 2.05) is 20.9 Å². The van der Waals surface area contributed by atoms with Crippen LogP contribution in [0.3, 0.4) is 0 Å². The summed E-state index contributed by atoms with van der Waals surface area (Å²) in [6, 6.07) is 1.61. The minimum atomic E-state index is -4.96. The Morgan fingerprint density at radius 1 is 1.15 bits per heavy atom. The molecule has 1 unspecified atom stereocenters. The Morgan fingerprint density at radius 2 is 1.74 bits per heavy atom. The molecule has 1 aromatic carbocycles. The Kier molecular flexibility index (Phi) is 6.88. The van der Waals surface area contributed by atoms with E-state index in [4.69, 9.17) is 0 Å². The number of halogens is 4. The fourth-order valence-electron chi connectivity index (χ4n) is 3.11. The molecule has 0 radical (unpaired) electrons. The van der Waals surface area contributed by atoms with E-state index >= 15 is 0 Å². The van der Waals surface area contributed by atoms with E-state index in [0.717, 1.165) is 32.2 Å². The standard InChI is InChI=1S/C17H25F4N3O2S/c1-12(2)16(24-8-6-23(3)7-9-24)11-22-27(25,26)13-4-5-15(18)14(10-13)17(19,20)21/h4-5,10,12,16,22H,6-9,11H2,1-3H3. The molecule has 0 amide bonds. The van der Waals surface area contributed by atoms with E-state index in [0.29, 0.717) is 12.1 Å². The monoisotopic (exact) mass is 411 g/mol.